The first-order valence-electron chi connectivity index (χ1n) is 9.24. The molecule has 4 rings (SSSR count). The summed E-state index contributed by atoms with van der Waals surface area (Å²) in [5, 5.41) is 11.9. The second kappa shape index (κ2) is 7.60. The Morgan fingerprint density at radius 1 is 1.03 bits per heavy atom. The van der Waals surface area contributed by atoms with Crippen molar-refractivity contribution in [3.63, 3.8) is 0 Å². The van der Waals surface area contributed by atoms with E-state index in [-0.39, 0.29) is 24.6 Å². The molecule has 4 aromatic rings. The minimum absolute atomic E-state index is 0.0637. The number of hydrogen-bond acceptors (Lipinski definition) is 6. The van der Waals surface area contributed by atoms with Gasteiger partial charge in [-0.05, 0) is 47.5 Å². The SMILES string of the molecule is Cc1nc2cc(CN(Cc3cc(F)cc(C(F)(F)F)c3)c3nnn(C)n3)cnc2n1C. The molecule has 162 valence electrons. The molecule has 0 bridgehead atoms. The molecule has 0 aliphatic rings. The highest BCUT2D eigenvalue weighted by Crippen LogP contribution is 2.31. The largest absolute Gasteiger partial charge is 0.416 e. The number of hydrogen-bond donors (Lipinski definition) is 0. The van der Waals surface area contributed by atoms with Gasteiger partial charge in [-0.2, -0.15) is 18.0 Å². The number of pyridine rings is 1. The molecule has 3 aromatic heterocycles. The van der Waals surface area contributed by atoms with E-state index in [1.54, 1.807) is 18.1 Å². The molecule has 0 N–H and O–H groups in total. The summed E-state index contributed by atoms with van der Waals surface area (Å²) < 4.78 is 55.0. The maximum atomic E-state index is 13.9. The highest BCUT2D eigenvalue weighted by Gasteiger charge is 2.31. The van der Waals surface area contributed by atoms with Crippen LogP contribution in [0.25, 0.3) is 11.2 Å². The summed E-state index contributed by atoms with van der Waals surface area (Å²) in [7, 11) is 3.43. The standard InChI is InChI=1S/C19H18F4N8/c1-11-25-16-6-13(8-24-17(16)29(11)2)10-31(18-26-28-30(3)27-18)9-12-4-14(19(21,22)23)7-15(20)5-12/h4-8H,9-10H2,1-3H3. The molecule has 0 unspecified atom stereocenters. The van der Waals surface area contributed by atoms with Crippen molar-refractivity contribution in [2.45, 2.75) is 26.2 Å². The molecule has 0 fully saturated rings. The zero-order valence-corrected chi connectivity index (χ0v) is 16.9. The molecule has 0 saturated carbocycles. The first-order chi connectivity index (χ1) is 14.6. The maximum Gasteiger partial charge on any atom is 0.416 e. The zero-order valence-electron chi connectivity index (χ0n) is 16.9. The molecular weight excluding hydrogens is 416 g/mol. The summed E-state index contributed by atoms with van der Waals surface area (Å²) in [6.07, 6.45) is -3.00. The van der Waals surface area contributed by atoms with E-state index in [9.17, 15) is 17.6 Å². The van der Waals surface area contributed by atoms with Crippen molar-refractivity contribution in [3.8, 4) is 0 Å². The first kappa shape index (κ1) is 20.7. The van der Waals surface area contributed by atoms with Gasteiger partial charge < -0.3 is 9.47 Å². The van der Waals surface area contributed by atoms with Gasteiger partial charge in [0, 0.05) is 26.3 Å². The number of fused-ring (bicyclic) bond motifs is 1. The number of nitrogens with zero attached hydrogens (tertiary/aromatic N) is 8. The number of benzene rings is 1. The molecule has 0 aliphatic carbocycles. The predicted molar refractivity (Wildman–Crippen MR) is 103 cm³/mol. The fourth-order valence-corrected chi connectivity index (χ4v) is 3.26. The summed E-state index contributed by atoms with van der Waals surface area (Å²) in [5.41, 5.74) is 1.22. The lowest BCUT2D eigenvalue weighted by molar-refractivity contribution is -0.137. The zero-order chi connectivity index (χ0) is 22.3. The second-order valence-corrected chi connectivity index (χ2v) is 7.19. The summed E-state index contributed by atoms with van der Waals surface area (Å²) in [5.74, 6) is 0.0214. The first-order valence-corrected chi connectivity index (χ1v) is 9.24. The normalized spacial score (nSPS) is 12.0. The third kappa shape index (κ3) is 4.32. The second-order valence-electron chi connectivity index (χ2n) is 7.19. The van der Waals surface area contributed by atoms with Gasteiger partial charge >= 0.3 is 6.18 Å². The third-order valence-corrected chi connectivity index (χ3v) is 4.80. The summed E-state index contributed by atoms with van der Waals surface area (Å²) in [6, 6.07) is 4.28. The molecule has 0 amide bonds. The Kier molecular flexibility index (Phi) is 5.07. The Hall–Kier alpha value is -3.57. The fourth-order valence-electron chi connectivity index (χ4n) is 3.26. The van der Waals surface area contributed by atoms with Crippen molar-refractivity contribution >= 4 is 17.1 Å². The predicted octanol–water partition coefficient (Wildman–Crippen LogP) is 3.16. The van der Waals surface area contributed by atoms with Gasteiger partial charge in [0.25, 0.3) is 5.95 Å². The highest BCUT2D eigenvalue weighted by molar-refractivity contribution is 5.72. The number of alkyl halides is 3. The van der Waals surface area contributed by atoms with Crippen LogP contribution in [0.15, 0.2) is 30.5 Å². The minimum atomic E-state index is -4.65. The molecule has 0 aliphatic heterocycles. The summed E-state index contributed by atoms with van der Waals surface area (Å²) in [6.45, 7) is 2.01. The van der Waals surface area contributed by atoms with Crippen LogP contribution in [0, 0.1) is 12.7 Å². The van der Waals surface area contributed by atoms with E-state index >= 15 is 0 Å². The molecule has 0 saturated heterocycles. The van der Waals surface area contributed by atoms with Crippen molar-refractivity contribution in [1.29, 1.82) is 0 Å². The van der Waals surface area contributed by atoms with Crippen LogP contribution < -0.4 is 4.90 Å². The van der Waals surface area contributed by atoms with Crippen LogP contribution in [0.5, 0.6) is 0 Å². The molecule has 0 spiro atoms. The van der Waals surface area contributed by atoms with Crippen molar-refractivity contribution in [2.75, 3.05) is 4.90 Å². The molecule has 12 heteroatoms. The van der Waals surface area contributed by atoms with E-state index in [2.05, 4.69) is 25.4 Å². The van der Waals surface area contributed by atoms with Gasteiger partial charge in [0.2, 0.25) is 0 Å². The lowest BCUT2D eigenvalue weighted by atomic mass is 10.1. The molecule has 8 nitrogen and oxygen atoms in total. The molecule has 31 heavy (non-hydrogen) atoms. The van der Waals surface area contributed by atoms with E-state index in [0.717, 1.165) is 23.5 Å². The summed E-state index contributed by atoms with van der Waals surface area (Å²) in [4.78, 5) is 11.7. The third-order valence-electron chi connectivity index (χ3n) is 4.80. The fraction of sp³-hybridized carbons (Fsp3) is 0.316. The van der Waals surface area contributed by atoms with Gasteiger partial charge in [-0.15, -0.1) is 5.10 Å². The van der Waals surface area contributed by atoms with Crippen molar-refractivity contribution in [3.05, 3.63) is 58.8 Å². The monoisotopic (exact) mass is 434 g/mol. The number of halogens is 4. The van der Waals surface area contributed by atoms with E-state index in [0.29, 0.717) is 17.2 Å². The van der Waals surface area contributed by atoms with Crippen LogP contribution in [0.1, 0.15) is 22.5 Å². The quantitative estimate of drug-likeness (QED) is 0.449. The number of aromatic nitrogens is 7. The number of rotatable bonds is 5. The topological polar surface area (TPSA) is 77.6 Å². The average molecular weight is 434 g/mol. The number of imidazole rings is 1. The van der Waals surface area contributed by atoms with E-state index in [4.69, 9.17) is 0 Å². The molecule has 3 heterocycles. The van der Waals surface area contributed by atoms with Gasteiger partial charge in [0.05, 0.1) is 12.6 Å². The Balaban J connectivity index is 1.68. The van der Waals surface area contributed by atoms with Crippen LogP contribution in [0.3, 0.4) is 0 Å². The highest BCUT2D eigenvalue weighted by atomic mass is 19.4. The van der Waals surface area contributed by atoms with E-state index in [1.807, 2.05) is 24.6 Å². The Morgan fingerprint density at radius 3 is 2.45 bits per heavy atom. The number of aryl methyl sites for hydroxylation is 3. The lowest BCUT2D eigenvalue weighted by Gasteiger charge is -2.21. The molecular formula is C19H18F4N8. The van der Waals surface area contributed by atoms with E-state index in [1.165, 1.54) is 4.80 Å². The Morgan fingerprint density at radius 2 is 1.77 bits per heavy atom. The molecule has 1 aromatic carbocycles. The van der Waals surface area contributed by atoms with Gasteiger partial charge in [-0.3, -0.25) is 0 Å². The van der Waals surface area contributed by atoms with Crippen molar-refractivity contribution in [2.24, 2.45) is 14.1 Å². The summed E-state index contributed by atoms with van der Waals surface area (Å²) >= 11 is 0. The Bertz CT molecular complexity index is 1240. The van der Waals surface area contributed by atoms with Crippen LogP contribution in [0.4, 0.5) is 23.5 Å². The van der Waals surface area contributed by atoms with Crippen LogP contribution in [-0.4, -0.2) is 34.7 Å². The van der Waals surface area contributed by atoms with Gasteiger partial charge in [-0.1, -0.05) is 5.10 Å². The average Bonchev–Trinajstić information content (AvgIpc) is 3.23. The van der Waals surface area contributed by atoms with Crippen LogP contribution in [-0.2, 0) is 33.4 Å². The smallest absolute Gasteiger partial charge is 0.329 e. The van der Waals surface area contributed by atoms with Crippen molar-refractivity contribution < 1.29 is 17.6 Å². The molecule has 0 radical (unpaired) electrons. The molecule has 0 atom stereocenters. The number of tetrazole rings is 1. The van der Waals surface area contributed by atoms with Gasteiger partial charge in [-0.25, -0.2) is 14.4 Å². The Labute approximate surface area is 174 Å². The lowest BCUT2D eigenvalue weighted by Crippen LogP contribution is -2.24. The maximum absolute atomic E-state index is 13.9. The minimum Gasteiger partial charge on any atom is -0.329 e. The van der Waals surface area contributed by atoms with Gasteiger partial charge in [0.15, 0.2) is 5.65 Å². The van der Waals surface area contributed by atoms with Crippen LogP contribution in [0.2, 0.25) is 0 Å². The van der Waals surface area contributed by atoms with E-state index < -0.39 is 17.6 Å². The van der Waals surface area contributed by atoms with Gasteiger partial charge in [0.1, 0.15) is 17.2 Å². The number of anilines is 1. The van der Waals surface area contributed by atoms with Crippen molar-refractivity contribution in [1.82, 2.24) is 34.7 Å². The van der Waals surface area contributed by atoms with Crippen LogP contribution >= 0.6 is 0 Å².